The summed E-state index contributed by atoms with van der Waals surface area (Å²) in [5.74, 6) is -0.328. The first-order valence-corrected chi connectivity index (χ1v) is 7.11. The molecule has 0 aliphatic carbocycles. The van der Waals surface area contributed by atoms with Crippen molar-refractivity contribution < 1.29 is 9.59 Å². The summed E-state index contributed by atoms with van der Waals surface area (Å²) in [6.45, 7) is 5.76. The highest BCUT2D eigenvalue weighted by Gasteiger charge is 2.18. The van der Waals surface area contributed by atoms with Crippen molar-refractivity contribution in [3.63, 3.8) is 0 Å². The average molecular weight is 268 g/mol. The summed E-state index contributed by atoms with van der Waals surface area (Å²) in [4.78, 5) is 24.2. The molecule has 0 aromatic carbocycles. The summed E-state index contributed by atoms with van der Waals surface area (Å²) in [6.07, 6.45) is 1.79. The highest BCUT2D eigenvalue weighted by atomic mass is 32.1. The Balaban J connectivity index is 2.47. The van der Waals surface area contributed by atoms with Crippen molar-refractivity contribution in [3.8, 4) is 0 Å². The van der Waals surface area contributed by atoms with Crippen molar-refractivity contribution in [2.75, 3.05) is 0 Å². The van der Waals surface area contributed by atoms with Crippen molar-refractivity contribution in [2.24, 2.45) is 0 Å². The first kappa shape index (κ1) is 14.7. The third kappa shape index (κ3) is 4.14. The van der Waals surface area contributed by atoms with Crippen LogP contribution in [0.2, 0.25) is 0 Å². The third-order valence-corrected chi connectivity index (χ3v) is 3.69. The van der Waals surface area contributed by atoms with Crippen molar-refractivity contribution in [2.45, 2.75) is 45.7 Å². The van der Waals surface area contributed by atoms with Crippen molar-refractivity contribution in [3.05, 3.63) is 22.4 Å². The molecule has 18 heavy (non-hydrogen) atoms. The second kappa shape index (κ2) is 7.16. The molecule has 0 fully saturated rings. The Morgan fingerprint density at radius 3 is 2.44 bits per heavy atom. The molecule has 2 N–H and O–H groups in total. The molecule has 0 unspecified atom stereocenters. The topological polar surface area (TPSA) is 58.2 Å². The number of hydrogen-bond donors (Lipinski definition) is 2. The van der Waals surface area contributed by atoms with Gasteiger partial charge in [0, 0.05) is 6.04 Å². The number of carbonyl (C=O) groups is 2. The van der Waals surface area contributed by atoms with Gasteiger partial charge in [-0.2, -0.15) is 0 Å². The molecule has 1 rings (SSSR count). The third-order valence-electron chi connectivity index (χ3n) is 2.82. The minimum absolute atomic E-state index is 0.131. The highest BCUT2D eigenvalue weighted by Crippen LogP contribution is 2.08. The molecule has 0 spiro atoms. The molecule has 100 valence electrons. The zero-order valence-corrected chi connectivity index (χ0v) is 11.8. The minimum Gasteiger partial charge on any atom is -0.352 e. The van der Waals surface area contributed by atoms with Crippen LogP contribution in [0.25, 0.3) is 0 Å². The fraction of sp³-hybridized carbons (Fsp3) is 0.538. The molecule has 1 aromatic heterocycles. The van der Waals surface area contributed by atoms with Crippen LogP contribution < -0.4 is 10.6 Å². The Morgan fingerprint density at radius 2 is 1.94 bits per heavy atom. The lowest BCUT2D eigenvalue weighted by Crippen LogP contribution is -2.47. The van der Waals surface area contributed by atoms with Gasteiger partial charge >= 0.3 is 0 Å². The van der Waals surface area contributed by atoms with Gasteiger partial charge in [0.1, 0.15) is 6.04 Å². The van der Waals surface area contributed by atoms with Crippen molar-refractivity contribution in [1.29, 1.82) is 0 Å². The van der Waals surface area contributed by atoms with Gasteiger partial charge in [0.15, 0.2) is 0 Å². The van der Waals surface area contributed by atoms with Gasteiger partial charge in [-0.1, -0.05) is 19.9 Å². The summed E-state index contributed by atoms with van der Waals surface area (Å²) in [7, 11) is 0. The summed E-state index contributed by atoms with van der Waals surface area (Å²) in [5, 5.41) is 7.45. The van der Waals surface area contributed by atoms with Crippen LogP contribution in [0.4, 0.5) is 0 Å². The molecule has 0 saturated carbocycles. The molecule has 5 heteroatoms. The minimum atomic E-state index is -0.514. The maximum atomic E-state index is 11.9. The fourth-order valence-electron chi connectivity index (χ4n) is 1.56. The van der Waals surface area contributed by atoms with E-state index >= 15 is 0 Å². The first-order valence-electron chi connectivity index (χ1n) is 6.23. The van der Waals surface area contributed by atoms with Gasteiger partial charge in [-0.25, -0.2) is 0 Å². The van der Waals surface area contributed by atoms with Gasteiger partial charge in [0.25, 0.3) is 5.91 Å². The summed E-state index contributed by atoms with van der Waals surface area (Å²) >= 11 is 1.36. The molecule has 1 heterocycles. The van der Waals surface area contributed by atoms with Gasteiger partial charge in [-0.3, -0.25) is 9.59 Å². The van der Waals surface area contributed by atoms with Crippen LogP contribution >= 0.6 is 11.3 Å². The fourth-order valence-corrected chi connectivity index (χ4v) is 2.19. The molecule has 0 bridgehead atoms. The van der Waals surface area contributed by atoms with Crippen LogP contribution in [0.3, 0.4) is 0 Å². The SMILES string of the molecule is CCC(CC)NC(=O)[C@H](C)NC(=O)c1cccs1. The van der Waals surface area contributed by atoms with Gasteiger partial charge in [-0.05, 0) is 31.2 Å². The van der Waals surface area contributed by atoms with E-state index in [1.807, 2.05) is 25.3 Å². The van der Waals surface area contributed by atoms with E-state index in [1.165, 1.54) is 11.3 Å². The quantitative estimate of drug-likeness (QED) is 0.830. The van der Waals surface area contributed by atoms with Crippen LogP contribution in [0.5, 0.6) is 0 Å². The van der Waals surface area contributed by atoms with E-state index in [1.54, 1.807) is 13.0 Å². The highest BCUT2D eigenvalue weighted by molar-refractivity contribution is 7.12. The van der Waals surface area contributed by atoms with E-state index in [0.717, 1.165) is 12.8 Å². The number of hydrogen-bond acceptors (Lipinski definition) is 3. The maximum Gasteiger partial charge on any atom is 0.261 e. The Labute approximate surface area is 112 Å². The largest absolute Gasteiger partial charge is 0.352 e. The molecule has 1 aromatic rings. The molecular weight excluding hydrogens is 248 g/mol. The number of amides is 2. The molecular formula is C13H20N2O2S. The monoisotopic (exact) mass is 268 g/mol. The summed E-state index contributed by atoms with van der Waals surface area (Å²) in [5.41, 5.74) is 0. The van der Waals surface area contributed by atoms with Crippen LogP contribution in [-0.4, -0.2) is 23.9 Å². The lowest BCUT2D eigenvalue weighted by atomic mass is 10.1. The van der Waals surface area contributed by atoms with Crippen molar-refractivity contribution >= 4 is 23.2 Å². The second-order valence-corrected chi connectivity index (χ2v) is 5.14. The number of thiophene rings is 1. The van der Waals surface area contributed by atoms with E-state index in [-0.39, 0.29) is 17.9 Å². The van der Waals surface area contributed by atoms with E-state index in [4.69, 9.17) is 0 Å². The van der Waals surface area contributed by atoms with E-state index in [0.29, 0.717) is 4.88 Å². The lowest BCUT2D eigenvalue weighted by molar-refractivity contribution is -0.123. The molecule has 0 saturated heterocycles. The molecule has 1 atom stereocenters. The van der Waals surface area contributed by atoms with E-state index in [2.05, 4.69) is 10.6 Å². The second-order valence-electron chi connectivity index (χ2n) is 4.19. The Bertz CT molecular complexity index is 386. The van der Waals surface area contributed by atoms with Crippen molar-refractivity contribution in [1.82, 2.24) is 10.6 Å². The smallest absolute Gasteiger partial charge is 0.261 e. The molecule has 0 radical (unpaired) electrons. The predicted octanol–water partition coefficient (Wildman–Crippen LogP) is 2.17. The summed E-state index contributed by atoms with van der Waals surface area (Å²) < 4.78 is 0. The standard InChI is InChI=1S/C13H20N2O2S/c1-4-10(5-2)15-12(16)9(3)14-13(17)11-7-6-8-18-11/h6-10H,4-5H2,1-3H3,(H,14,17)(H,15,16)/t9-/m0/s1. The first-order chi connectivity index (χ1) is 8.58. The lowest BCUT2D eigenvalue weighted by Gasteiger charge is -2.19. The molecule has 0 aliphatic heterocycles. The zero-order chi connectivity index (χ0) is 13.5. The zero-order valence-electron chi connectivity index (χ0n) is 11.0. The number of rotatable bonds is 6. The van der Waals surface area contributed by atoms with Crippen LogP contribution in [0.1, 0.15) is 43.3 Å². The van der Waals surface area contributed by atoms with E-state index < -0.39 is 6.04 Å². The Hall–Kier alpha value is -1.36. The number of carbonyl (C=O) groups excluding carboxylic acids is 2. The Morgan fingerprint density at radius 1 is 1.28 bits per heavy atom. The van der Waals surface area contributed by atoms with Gasteiger partial charge in [0.05, 0.1) is 4.88 Å². The summed E-state index contributed by atoms with van der Waals surface area (Å²) in [6, 6.07) is 3.22. The van der Waals surface area contributed by atoms with Gasteiger partial charge in [0.2, 0.25) is 5.91 Å². The number of nitrogens with one attached hydrogen (secondary N) is 2. The normalized spacial score (nSPS) is 12.2. The molecule has 2 amide bonds. The van der Waals surface area contributed by atoms with Crippen LogP contribution in [0, 0.1) is 0 Å². The van der Waals surface area contributed by atoms with Gasteiger partial charge < -0.3 is 10.6 Å². The van der Waals surface area contributed by atoms with Gasteiger partial charge in [-0.15, -0.1) is 11.3 Å². The van der Waals surface area contributed by atoms with E-state index in [9.17, 15) is 9.59 Å². The average Bonchev–Trinajstić information content (AvgIpc) is 2.89. The van der Waals surface area contributed by atoms with Crippen LogP contribution in [0.15, 0.2) is 17.5 Å². The molecule has 4 nitrogen and oxygen atoms in total. The predicted molar refractivity (Wildman–Crippen MR) is 73.8 cm³/mol. The van der Waals surface area contributed by atoms with Crippen LogP contribution in [-0.2, 0) is 4.79 Å². The molecule has 0 aliphatic rings. The maximum absolute atomic E-state index is 11.9. The Kier molecular flexibility index (Phi) is 5.85.